The molecule has 0 amide bonds. The Morgan fingerprint density at radius 2 is 0.679 bits per heavy atom. The van der Waals surface area contributed by atoms with Gasteiger partial charge in [-0.05, 0) is 72.5 Å². The van der Waals surface area contributed by atoms with Crippen molar-refractivity contribution in [1.82, 2.24) is 9.80 Å². The van der Waals surface area contributed by atoms with Crippen LogP contribution in [0.1, 0.15) is 87.5 Å². The molecular formula is C74H66N2O4Zr+2. The van der Waals surface area contributed by atoms with Gasteiger partial charge in [0.25, 0.3) is 0 Å². The Morgan fingerprint density at radius 1 is 0.395 bits per heavy atom. The van der Waals surface area contributed by atoms with E-state index in [1.807, 2.05) is 246 Å². The van der Waals surface area contributed by atoms with Crippen LogP contribution in [0.4, 0.5) is 0 Å². The first-order valence-corrected chi connectivity index (χ1v) is 27.2. The second-order valence-electron chi connectivity index (χ2n) is 21.2. The summed E-state index contributed by atoms with van der Waals surface area (Å²) in [5.74, 6) is -0.0925. The summed E-state index contributed by atoms with van der Waals surface area (Å²) in [6.45, 7) is 13.4. The number of aromatic hydroxyl groups is 2. The molecule has 0 saturated carbocycles. The van der Waals surface area contributed by atoms with Crippen molar-refractivity contribution in [2.45, 2.75) is 37.8 Å². The van der Waals surface area contributed by atoms with Crippen LogP contribution in [0.25, 0.3) is 22.3 Å². The van der Waals surface area contributed by atoms with E-state index in [1.54, 1.807) is 0 Å². The van der Waals surface area contributed by atoms with Gasteiger partial charge in [0.05, 0.1) is 0 Å². The molecule has 0 saturated heterocycles. The van der Waals surface area contributed by atoms with Crippen molar-refractivity contribution >= 4 is 11.6 Å². The summed E-state index contributed by atoms with van der Waals surface area (Å²) in [5.41, 5.74) is 12.1. The number of benzene rings is 10. The molecular weight excluding hydrogens is 1070 g/mol. The smallest absolute Gasteiger partial charge is 0.507 e. The van der Waals surface area contributed by atoms with E-state index in [0.717, 1.165) is 66.8 Å². The van der Waals surface area contributed by atoms with Gasteiger partial charge in [-0.3, -0.25) is 14.5 Å². The first-order chi connectivity index (χ1) is 38.8. The van der Waals surface area contributed by atoms with Crippen molar-refractivity contribution in [2.75, 3.05) is 27.2 Å². The largest absolute Gasteiger partial charge is 4.00 e. The molecule has 0 heterocycles. The molecule has 81 heavy (non-hydrogen) atoms. The molecule has 0 aliphatic heterocycles. The molecule has 398 valence electrons. The van der Waals surface area contributed by atoms with Gasteiger partial charge in [0, 0.05) is 59.6 Å². The predicted octanol–water partition coefficient (Wildman–Crippen LogP) is 15.4. The number of carbonyl (C=O) groups is 2. The number of ketones is 2. The van der Waals surface area contributed by atoms with E-state index in [1.165, 1.54) is 0 Å². The van der Waals surface area contributed by atoms with Crippen LogP contribution in [0.2, 0.25) is 0 Å². The Hall–Kier alpha value is -8.32. The van der Waals surface area contributed by atoms with Gasteiger partial charge in [0.2, 0.25) is 0 Å². The van der Waals surface area contributed by atoms with Crippen molar-refractivity contribution in [3.05, 3.63) is 334 Å². The summed E-state index contributed by atoms with van der Waals surface area (Å²) in [5, 5.41) is 25.8. The van der Waals surface area contributed by atoms with Crippen LogP contribution >= 0.6 is 0 Å². The summed E-state index contributed by atoms with van der Waals surface area (Å²) in [6.07, 6.45) is 0. The Balaban J connectivity index is 0.000000462. The van der Waals surface area contributed by atoms with E-state index in [-0.39, 0.29) is 49.3 Å². The molecule has 6 nitrogen and oxygen atoms in total. The van der Waals surface area contributed by atoms with Crippen LogP contribution in [-0.4, -0.2) is 58.8 Å². The Labute approximate surface area is 497 Å². The molecule has 2 aliphatic rings. The van der Waals surface area contributed by atoms with Crippen molar-refractivity contribution in [3.8, 4) is 33.8 Å². The number of hydrogen-bond acceptors (Lipinski definition) is 6. The fraction of sp³-hybridized carbons (Fsp3) is 0.135. The Morgan fingerprint density at radius 3 is 0.963 bits per heavy atom. The third-order valence-corrected chi connectivity index (χ3v) is 15.5. The van der Waals surface area contributed by atoms with Crippen LogP contribution in [0.3, 0.4) is 0 Å². The van der Waals surface area contributed by atoms with E-state index in [4.69, 9.17) is 0 Å². The molecule has 2 aliphatic carbocycles. The molecule has 0 bridgehead atoms. The maximum absolute atomic E-state index is 15.5. The fourth-order valence-corrected chi connectivity index (χ4v) is 11.9. The molecule has 10 aromatic carbocycles. The minimum atomic E-state index is -1.33. The predicted molar refractivity (Wildman–Crippen MR) is 325 cm³/mol. The average Bonchev–Trinajstić information content (AvgIpc) is 2.10. The first kappa shape index (κ1) is 57.4. The van der Waals surface area contributed by atoms with Crippen molar-refractivity contribution in [3.63, 3.8) is 0 Å². The van der Waals surface area contributed by atoms with Gasteiger partial charge in [0.15, 0.2) is 11.6 Å². The van der Waals surface area contributed by atoms with Gasteiger partial charge in [-0.2, -0.15) is 49.2 Å². The van der Waals surface area contributed by atoms with E-state index in [9.17, 15) is 10.2 Å². The molecule has 0 aromatic heterocycles. The number of fused-ring (bicyclic) bond motifs is 6. The molecule has 12 rings (SSSR count). The number of rotatable bonds is 13. The maximum atomic E-state index is 15.5. The SMILES string of the molecule is Cc1cc(CN(CCN(C)C)Cc2cc(C)cc(C3(C(=O)c4ccccc4)c4ccccc4-c4ccccc43)c2O)c(O)c(C2(C(=O)c3ccccc3)c3ccccc3-c3ccccc32)c1.[CH2-]c1ccccc1.[CH2-]c1ccccc1.[Zr+4]. The van der Waals surface area contributed by atoms with Crippen LogP contribution in [0, 0.1) is 27.7 Å². The van der Waals surface area contributed by atoms with E-state index < -0.39 is 10.8 Å². The van der Waals surface area contributed by atoms with Gasteiger partial charge in [-0.1, -0.05) is 205 Å². The Kier molecular flexibility index (Phi) is 17.7. The molecule has 0 spiro atoms. The number of phenols is 2. The monoisotopic (exact) mass is 1140 g/mol. The third kappa shape index (κ3) is 11.2. The number of aryl methyl sites for hydroxylation is 2. The maximum Gasteiger partial charge on any atom is 4.00 e. The van der Waals surface area contributed by atoms with Gasteiger partial charge in [-0.25, -0.2) is 0 Å². The van der Waals surface area contributed by atoms with Crippen LogP contribution in [-0.2, 0) is 50.1 Å². The summed E-state index contributed by atoms with van der Waals surface area (Å²) < 4.78 is 0. The summed E-state index contributed by atoms with van der Waals surface area (Å²) in [4.78, 5) is 35.3. The zero-order valence-corrected chi connectivity index (χ0v) is 48.9. The fourth-order valence-electron chi connectivity index (χ4n) is 11.9. The van der Waals surface area contributed by atoms with Crippen LogP contribution < -0.4 is 0 Å². The quantitative estimate of drug-likeness (QED) is 0.0884. The molecule has 0 unspecified atom stereocenters. The molecule has 2 N–H and O–H groups in total. The van der Waals surface area contributed by atoms with E-state index in [0.29, 0.717) is 59.6 Å². The number of likely N-dealkylation sites (N-methyl/N-ethyl adjacent to an activating group) is 1. The van der Waals surface area contributed by atoms with Gasteiger partial charge in [0.1, 0.15) is 22.3 Å². The van der Waals surface area contributed by atoms with E-state index >= 15 is 9.59 Å². The standard InChI is InChI=1S/C60H52N2O4.2C7H7.Zr/c1-39-33-43(55(63)53(35-39)59(57(65)41-19-7-5-8-20-41)49-27-15-11-23-45(49)46-24-12-16-28-50(46)59)37-62(32-31-61(3)4)38-44-34-40(2)36-54(56(44)64)60(58(66)42-21-9-6-10-22-42)51-29-17-13-25-47(51)48-26-14-18-30-52(48)60;2*1-7-5-3-2-4-6-7;/h5-30,33-36,63-64H,31-32,37-38H2,1-4H3;2*2-6H,1H2;/q;2*-1;+4. The number of nitrogens with zero attached hydrogens (tertiary/aromatic N) is 2. The zero-order valence-electron chi connectivity index (χ0n) is 46.4. The minimum Gasteiger partial charge on any atom is -0.507 e. The van der Waals surface area contributed by atoms with Crippen LogP contribution in [0.5, 0.6) is 11.5 Å². The second kappa shape index (κ2) is 25.0. The van der Waals surface area contributed by atoms with Gasteiger partial charge in [-0.15, -0.1) is 24.3 Å². The summed E-state index contributed by atoms with van der Waals surface area (Å²) in [6, 6.07) is 78.7. The molecule has 0 fully saturated rings. The van der Waals surface area contributed by atoms with Crippen LogP contribution in [0.15, 0.2) is 243 Å². The molecule has 7 heteroatoms. The third-order valence-electron chi connectivity index (χ3n) is 15.5. The van der Waals surface area contributed by atoms with Gasteiger partial charge < -0.3 is 15.1 Å². The number of Topliss-reactive ketones (excluding diaryl/α,β-unsaturated/α-hetero) is 2. The van der Waals surface area contributed by atoms with E-state index in [2.05, 4.69) is 47.9 Å². The number of hydrogen-bond donors (Lipinski definition) is 2. The minimum absolute atomic E-state index is 0. The van der Waals surface area contributed by atoms with Crippen molar-refractivity contribution in [2.24, 2.45) is 0 Å². The summed E-state index contributed by atoms with van der Waals surface area (Å²) in [7, 11) is 4.06. The normalized spacial score (nSPS) is 12.8. The average molecular weight is 1140 g/mol. The second-order valence-corrected chi connectivity index (χ2v) is 21.2. The molecule has 0 atom stereocenters. The van der Waals surface area contributed by atoms with Crippen molar-refractivity contribution < 1.29 is 46.0 Å². The number of carbonyl (C=O) groups excluding carboxylic acids is 2. The molecule has 0 radical (unpaired) electrons. The zero-order chi connectivity index (χ0) is 56.0. The molecule has 10 aromatic rings. The summed E-state index contributed by atoms with van der Waals surface area (Å²) >= 11 is 0. The Bertz CT molecular complexity index is 3490. The first-order valence-electron chi connectivity index (χ1n) is 27.2. The van der Waals surface area contributed by atoms with Crippen molar-refractivity contribution in [1.29, 1.82) is 0 Å². The topological polar surface area (TPSA) is 81.1 Å². The van der Waals surface area contributed by atoms with Gasteiger partial charge >= 0.3 is 26.2 Å². The number of phenolic OH excluding ortho intramolecular Hbond substituents is 2.